The van der Waals surface area contributed by atoms with Crippen molar-refractivity contribution in [1.29, 1.82) is 0 Å². The van der Waals surface area contributed by atoms with Gasteiger partial charge in [0.15, 0.2) is 5.78 Å². The van der Waals surface area contributed by atoms with Crippen LogP contribution in [0.2, 0.25) is 0 Å². The number of ketones is 1. The van der Waals surface area contributed by atoms with Crippen molar-refractivity contribution in [1.82, 2.24) is 0 Å². The van der Waals surface area contributed by atoms with Crippen molar-refractivity contribution in [3.8, 4) is 0 Å². The molecule has 17 heavy (non-hydrogen) atoms. The van der Waals surface area contributed by atoms with Crippen LogP contribution in [0.4, 0.5) is 0 Å². The van der Waals surface area contributed by atoms with Gasteiger partial charge >= 0.3 is 0 Å². The molecule has 0 radical (unpaired) electrons. The highest BCUT2D eigenvalue weighted by molar-refractivity contribution is 14.1. The van der Waals surface area contributed by atoms with Crippen molar-refractivity contribution in [2.75, 3.05) is 0 Å². The minimum atomic E-state index is 0.0309. The van der Waals surface area contributed by atoms with Crippen LogP contribution in [0.25, 0.3) is 0 Å². The summed E-state index contributed by atoms with van der Waals surface area (Å²) in [6.07, 6.45) is 0. The summed E-state index contributed by atoms with van der Waals surface area (Å²) >= 11 is 8.98. The molecule has 86 valence electrons. The van der Waals surface area contributed by atoms with Gasteiger partial charge in [0.1, 0.15) is 0 Å². The van der Waals surface area contributed by atoms with E-state index in [0.29, 0.717) is 11.1 Å². The van der Waals surface area contributed by atoms with E-state index in [-0.39, 0.29) is 5.78 Å². The first-order valence-electron chi connectivity index (χ1n) is 4.82. The highest BCUT2D eigenvalue weighted by Gasteiger charge is 2.10. The molecule has 0 amide bonds. The van der Waals surface area contributed by atoms with Crippen LogP contribution in [0.5, 0.6) is 0 Å². The second-order valence-electron chi connectivity index (χ2n) is 3.49. The minimum absolute atomic E-state index is 0.0309. The standard InChI is InChI=1S/C13H7Br2IO/c14-10-5-9(6-11(15)7-10)13(17)8-1-3-12(16)4-2-8/h1-7H. The molecule has 2 aromatic carbocycles. The van der Waals surface area contributed by atoms with E-state index in [1.807, 2.05) is 42.5 Å². The van der Waals surface area contributed by atoms with Gasteiger partial charge in [0.2, 0.25) is 0 Å². The van der Waals surface area contributed by atoms with Crippen LogP contribution in [0.1, 0.15) is 15.9 Å². The van der Waals surface area contributed by atoms with Crippen LogP contribution in [-0.2, 0) is 0 Å². The zero-order valence-electron chi connectivity index (χ0n) is 8.58. The van der Waals surface area contributed by atoms with E-state index in [0.717, 1.165) is 12.5 Å². The van der Waals surface area contributed by atoms with Crippen LogP contribution in [-0.4, -0.2) is 5.78 Å². The van der Waals surface area contributed by atoms with Gasteiger partial charge in [0, 0.05) is 23.6 Å². The Morgan fingerprint density at radius 2 is 1.41 bits per heavy atom. The molecule has 2 aromatic rings. The lowest BCUT2D eigenvalue weighted by molar-refractivity contribution is 0.103. The summed E-state index contributed by atoms with van der Waals surface area (Å²) in [6, 6.07) is 13.1. The number of carbonyl (C=O) groups is 1. The molecule has 0 aliphatic carbocycles. The van der Waals surface area contributed by atoms with Crippen molar-refractivity contribution in [2.45, 2.75) is 0 Å². The second-order valence-corrected chi connectivity index (χ2v) is 6.57. The van der Waals surface area contributed by atoms with Crippen molar-refractivity contribution >= 4 is 60.2 Å². The molecule has 0 aliphatic rings. The van der Waals surface area contributed by atoms with E-state index in [2.05, 4.69) is 54.5 Å². The Morgan fingerprint density at radius 1 is 0.882 bits per heavy atom. The fraction of sp³-hybridized carbons (Fsp3) is 0. The number of hydrogen-bond donors (Lipinski definition) is 0. The molecule has 0 spiro atoms. The van der Waals surface area contributed by atoms with Gasteiger partial charge in [-0.3, -0.25) is 4.79 Å². The average Bonchev–Trinajstić information content (AvgIpc) is 2.28. The maximum atomic E-state index is 12.2. The molecule has 0 saturated heterocycles. The lowest BCUT2D eigenvalue weighted by Crippen LogP contribution is -2.01. The average molecular weight is 466 g/mol. The van der Waals surface area contributed by atoms with E-state index in [1.165, 1.54) is 0 Å². The minimum Gasteiger partial charge on any atom is -0.289 e. The molecule has 0 atom stereocenters. The first-order valence-corrected chi connectivity index (χ1v) is 7.49. The smallest absolute Gasteiger partial charge is 0.193 e. The third-order valence-electron chi connectivity index (χ3n) is 2.23. The molecular weight excluding hydrogens is 459 g/mol. The monoisotopic (exact) mass is 464 g/mol. The summed E-state index contributed by atoms with van der Waals surface area (Å²) in [6.45, 7) is 0. The normalized spacial score (nSPS) is 10.3. The zero-order chi connectivity index (χ0) is 12.4. The van der Waals surface area contributed by atoms with Gasteiger partial charge in [0.25, 0.3) is 0 Å². The van der Waals surface area contributed by atoms with E-state index >= 15 is 0 Å². The Bertz CT molecular complexity index is 544. The molecule has 0 bridgehead atoms. The summed E-state index contributed by atoms with van der Waals surface area (Å²) in [5.41, 5.74) is 1.38. The molecule has 1 nitrogen and oxygen atoms in total. The first-order chi connectivity index (χ1) is 8.06. The Balaban J connectivity index is 2.40. The quantitative estimate of drug-likeness (QED) is 0.448. The Kier molecular flexibility index (Phi) is 4.38. The van der Waals surface area contributed by atoms with Crippen molar-refractivity contribution in [2.24, 2.45) is 0 Å². The van der Waals surface area contributed by atoms with Gasteiger partial charge < -0.3 is 0 Å². The molecule has 4 heteroatoms. The molecule has 0 N–H and O–H groups in total. The summed E-state index contributed by atoms with van der Waals surface area (Å²) in [7, 11) is 0. The molecular formula is C13H7Br2IO. The number of benzene rings is 2. The molecule has 0 unspecified atom stereocenters. The van der Waals surface area contributed by atoms with Crippen LogP contribution in [0, 0.1) is 3.57 Å². The summed E-state index contributed by atoms with van der Waals surface area (Å²) in [5, 5.41) is 0. The van der Waals surface area contributed by atoms with E-state index in [4.69, 9.17) is 0 Å². The Morgan fingerprint density at radius 3 is 1.94 bits per heavy atom. The van der Waals surface area contributed by atoms with Gasteiger partial charge in [-0.1, -0.05) is 31.9 Å². The van der Waals surface area contributed by atoms with Crippen LogP contribution < -0.4 is 0 Å². The molecule has 2 rings (SSSR count). The molecule has 0 aromatic heterocycles. The van der Waals surface area contributed by atoms with Crippen LogP contribution >= 0.6 is 54.5 Å². The van der Waals surface area contributed by atoms with Gasteiger partial charge in [0.05, 0.1) is 0 Å². The maximum Gasteiger partial charge on any atom is 0.193 e. The van der Waals surface area contributed by atoms with Gasteiger partial charge in [-0.25, -0.2) is 0 Å². The Labute approximate surface area is 130 Å². The fourth-order valence-corrected chi connectivity index (χ4v) is 3.11. The second kappa shape index (κ2) is 5.63. The van der Waals surface area contributed by atoms with Crippen LogP contribution in [0.15, 0.2) is 51.4 Å². The molecule has 0 heterocycles. The lowest BCUT2D eigenvalue weighted by Gasteiger charge is -2.03. The molecule has 0 saturated carbocycles. The maximum absolute atomic E-state index is 12.2. The topological polar surface area (TPSA) is 17.1 Å². The largest absolute Gasteiger partial charge is 0.289 e. The molecule has 0 aliphatic heterocycles. The van der Waals surface area contributed by atoms with Gasteiger partial charge in [-0.05, 0) is 65.1 Å². The van der Waals surface area contributed by atoms with Crippen LogP contribution in [0.3, 0.4) is 0 Å². The lowest BCUT2D eigenvalue weighted by atomic mass is 10.0. The Hall–Kier alpha value is -0.200. The van der Waals surface area contributed by atoms with E-state index in [1.54, 1.807) is 0 Å². The summed E-state index contributed by atoms with van der Waals surface area (Å²) in [4.78, 5) is 12.2. The SMILES string of the molecule is O=C(c1ccc(I)cc1)c1cc(Br)cc(Br)c1. The summed E-state index contributed by atoms with van der Waals surface area (Å²) in [5.74, 6) is 0.0309. The van der Waals surface area contributed by atoms with Gasteiger partial charge in [-0.2, -0.15) is 0 Å². The summed E-state index contributed by atoms with van der Waals surface area (Å²) < 4.78 is 2.90. The predicted octanol–water partition coefficient (Wildman–Crippen LogP) is 5.05. The van der Waals surface area contributed by atoms with Gasteiger partial charge in [-0.15, -0.1) is 0 Å². The highest BCUT2D eigenvalue weighted by Crippen LogP contribution is 2.22. The first kappa shape index (κ1) is 13.2. The third kappa shape index (κ3) is 3.39. The fourth-order valence-electron chi connectivity index (χ4n) is 1.45. The zero-order valence-corrected chi connectivity index (χ0v) is 13.9. The number of halogens is 3. The van der Waals surface area contributed by atoms with E-state index < -0.39 is 0 Å². The highest BCUT2D eigenvalue weighted by atomic mass is 127. The van der Waals surface area contributed by atoms with Crippen molar-refractivity contribution < 1.29 is 4.79 Å². The number of carbonyl (C=O) groups excluding carboxylic acids is 1. The third-order valence-corrected chi connectivity index (χ3v) is 3.87. The molecule has 0 fully saturated rings. The van der Waals surface area contributed by atoms with E-state index in [9.17, 15) is 4.79 Å². The van der Waals surface area contributed by atoms with Crippen molar-refractivity contribution in [3.05, 3.63) is 66.1 Å². The number of hydrogen-bond acceptors (Lipinski definition) is 1. The van der Waals surface area contributed by atoms with Crippen molar-refractivity contribution in [3.63, 3.8) is 0 Å². The predicted molar refractivity (Wildman–Crippen MR) is 84.4 cm³/mol. The number of rotatable bonds is 2.